The number of aryl methyl sites for hydroxylation is 1. The standard InChI is InChI=1S/C14H23N3O/c1-2-9-14(18)11-8-6-4-3-5-7-10-13-12-15-17-16-13/h12,14,18H,3-8,10-11H2,1H3,(H,15,16,17). The number of aliphatic hydroxyl groups excluding tert-OH is 1. The average Bonchev–Trinajstić information content (AvgIpc) is 2.86. The highest BCUT2D eigenvalue weighted by Gasteiger charge is 1.99. The number of nitrogens with zero attached hydrogens (tertiary/aromatic N) is 2. The molecular weight excluding hydrogens is 226 g/mol. The average molecular weight is 249 g/mol. The zero-order chi connectivity index (χ0) is 13.1. The first-order valence-electron chi connectivity index (χ1n) is 6.78. The Balaban J connectivity index is 1.85. The lowest BCUT2D eigenvalue weighted by atomic mass is 10.1. The first-order valence-corrected chi connectivity index (χ1v) is 6.78. The lowest BCUT2D eigenvalue weighted by molar-refractivity contribution is 0.217. The van der Waals surface area contributed by atoms with Crippen molar-refractivity contribution in [3.8, 4) is 11.8 Å². The van der Waals surface area contributed by atoms with E-state index >= 15 is 0 Å². The number of H-pyrrole nitrogens is 1. The van der Waals surface area contributed by atoms with Gasteiger partial charge in [0, 0.05) is 6.20 Å². The van der Waals surface area contributed by atoms with Crippen LogP contribution in [0.25, 0.3) is 0 Å². The van der Waals surface area contributed by atoms with Gasteiger partial charge >= 0.3 is 0 Å². The summed E-state index contributed by atoms with van der Waals surface area (Å²) in [4.78, 5) is 0. The second-order valence-corrected chi connectivity index (χ2v) is 4.53. The van der Waals surface area contributed by atoms with E-state index < -0.39 is 6.10 Å². The molecule has 1 rings (SSSR count). The van der Waals surface area contributed by atoms with Crippen LogP contribution in [0.4, 0.5) is 0 Å². The molecule has 0 saturated heterocycles. The molecule has 4 heteroatoms. The predicted molar refractivity (Wildman–Crippen MR) is 71.9 cm³/mol. The van der Waals surface area contributed by atoms with Crippen LogP contribution in [0.15, 0.2) is 6.20 Å². The number of aromatic nitrogens is 3. The molecule has 4 nitrogen and oxygen atoms in total. The van der Waals surface area contributed by atoms with Crippen LogP contribution in [0, 0.1) is 11.8 Å². The first-order chi connectivity index (χ1) is 8.83. The van der Waals surface area contributed by atoms with Crippen molar-refractivity contribution in [2.45, 2.75) is 64.4 Å². The summed E-state index contributed by atoms with van der Waals surface area (Å²) in [6.45, 7) is 1.76. The van der Waals surface area contributed by atoms with Crippen molar-refractivity contribution in [3.05, 3.63) is 11.9 Å². The molecule has 0 aliphatic rings. The van der Waals surface area contributed by atoms with E-state index in [1.807, 2.05) is 6.20 Å². The molecule has 0 spiro atoms. The van der Waals surface area contributed by atoms with Crippen LogP contribution in [0.1, 0.15) is 57.6 Å². The summed E-state index contributed by atoms with van der Waals surface area (Å²) in [6, 6.07) is 0. The zero-order valence-electron chi connectivity index (χ0n) is 11.2. The fourth-order valence-corrected chi connectivity index (χ4v) is 1.94. The Hall–Kier alpha value is -1.34. The van der Waals surface area contributed by atoms with Gasteiger partial charge in [0.1, 0.15) is 6.10 Å². The Morgan fingerprint density at radius 2 is 1.94 bits per heavy atom. The summed E-state index contributed by atoms with van der Waals surface area (Å²) < 4.78 is 0. The molecular formula is C14H23N3O. The van der Waals surface area contributed by atoms with E-state index in [-0.39, 0.29) is 0 Å². The van der Waals surface area contributed by atoms with Crippen molar-refractivity contribution in [1.82, 2.24) is 15.4 Å². The number of aromatic amines is 1. The van der Waals surface area contributed by atoms with Gasteiger partial charge in [0.2, 0.25) is 0 Å². The fourth-order valence-electron chi connectivity index (χ4n) is 1.94. The highest BCUT2D eigenvalue weighted by atomic mass is 16.3. The van der Waals surface area contributed by atoms with Crippen molar-refractivity contribution in [2.75, 3.05) is 0 Å². The van der Waals surface area contributed by atoms with Gasteiger partial charge in [0.05, 0.1) is 5.69 Å². The highest BCUT2D eigenvalue weighted by molar-refractivity contribution is 5.01. The lowest BCUT2D eigenvalue weighted by Gasteiger charge is -2.03. The molecule has 0 bridgehead atoms. The molecule has 0 aromatic carbocycles. The number of aliphatic hydroxyl groups is 1. The maximum absolute atomic E-state index is 9.41. The van der Waals surface area contributed by atoms with Crippen LogP contribution < -0.4 is 0 Å². The van der Waals surface area contributed by atoms with Gasteiger partial charge in [-0.25, -0.2) is 0 Å². The van der Waals surface area contributed by atoms with Crippen molar-refractivity contribution in [2.24, 2.45) is 0 Å². The third kappa shape index (κ3) is 7.08. The molecule has 0 radical (unpaired) electrons. The topological polar surface area (TPSA) is 61.8 Å². The molecule has 1 heterocycles. The van der Waals surface area contributed by atoms with Gasteiger partial charge < -0.3 is 5.11 Å². The van der Waals surface area contributed by atoms with Gasteiger partial charge in [-0.1, -0.05) is 36.8 Å². The Bertz CT molecular complexity index is 351. The quantitative estimate of drug-likeness (QED) is 0.522. The van der Waals surface area contributed by atoms with E-state index in [0.29, 0.717) is 0 Å². The predicted octanol–water partition coefficient (Wildman–Crippen LogP) is 2.46. The molecule has 2 N–H and O–H groups in total. The molecule has 1 aromatic heterocycles. The number of nitrogens with one attached hydrogen (secondary N) is 1. The minimum absolute atomic E-state index is 0.429. The van der Waals surface area contributed by atoms with E-state index in [0.717, 1.165) is 25.0 Å². The summed E-state index contributed by atoms with van der Waals surface area (Å²) in [5, 5.41) is 19.8. The van der Waals surface area contributed by atoms with Crippen molar-refractivity contribution < 1.29 is 5.11 Å². The van der Waals surface area contributed by atoms with Crippen LogP contribution in [0.5, 0.6) is 0 Å². The van der Waals surface area contributed by atoms with Crippen molar-refractivity contribution >= 4 is 0 Å². The van der Waals surface area contributed by atoms with Crippen LogP contribution in [0.3, 0.4) is 0 Å². The fraction of sp³-hybridized carbons (Fsp3) is 0.714. The normalized spacial score (nSPS) is 11.9. The molecule has 100 valence electrons. The number of unbranched alkanes of at least 4 members (excludes halogenated alkanes) is 5. The van der Waals surface area contributed by atoms with E-state index in [1.165, 1.54) is 32.1 Å². The Labute approximate surface area is 109 Å². The number of hydrogen-bond acceptors (Lipinski definition) is 3. The molecule has 0 fully saturated rings. The first kappa shape index (κ1) is 14.7. The monoisotopic (exact) mass is 249 g/mol. The van der Waals surface area contributed by atoms with Crippen LogP contribution in [-0.4, -0.2) is 26.6 Å². The highest BCUT2D eigenvalue weighted by Crippen LogP contribution is 2.10. The number of rotatable bonds is 9. The summed E-state index contributed by atoms with van der Waals surface area (Å²) in [7, 11) is 0. The van der Waals surface area contributed by atoms with E-state index in [9.17, 15) is 5.11 Å². The molecule has 1 aromatic rings. The van der Waals surface area contributed by atoms with Crippen LogP contribution in [-0.2, 0) is 6.42 Å². The summed E-state index contributed by atoms with van der Waals surface area (Å²) in [6.07, 6.45) is 10.4. The minimum atomic E-state index is -0.429. The van der Waals surface area contributed by atoms with Crippen LogP contribution in [0.2, 0.25) is 0 Å². The Kier molecular flexibility index (Phi) is 7.90. The van der Waals surface area contributed by atoms with Gasteiger partial charge in [0.15, 0.2) is 0 Å². The van der Waals surface area contributed by atoms with E-state index in [4.69, 9.17) is 0 Å². The van der Waals surface area contributed by atoms with Gasteiger partial charge in [-0.05, 0) is 32.6 Å². The van der Waals surface area contributed by atoms with Gasteiger partial charge in [-0.2, -0.15) is 0 Å². The third-order valence-electron chi connectivity index (χ3n) is 2.94. The smallest absolute Gasteiger partial charge is 0.114 e. The largest absolute Gasteiger partial charge is 0.380 e. The van der Waals surface area contributed by atoms with E-state index in [2.05, 4.69) is 27.3 Å². The van der Waals surface area contributed by atoms with E-state index in [1.54, 1.807) is 6.92 Å². The third-order valence-corrected chi connectivity index (χ3v) is 2.94. The van der Waals surface area contributed by atoms with Gasteiger partial charge in [-0.3, -0.25) is 5.10 Å². The van der Waals surface area contributed by atoms with Crippen LogP contribution >= 0.6 is 0 Å². The zero-order valence-corrected chi connectivity index (χ0v) is 11.2. The summed E-state index contributed by atoms with van der Waals surface area (Å²) in [5.41, 5.74) is 1.05. The molecule has 0 saturated carbocycles. The molecule has 0 aliphatic heterocycles. The Morgan fingerprint density at radius 3 is 2.61 bits per heavy atom. The summed E-state index contributed by atoms with van der Waals surface area (Å²) in [5.74, 6) is 5.50. The number of hydrogen-bond donors (Lipinski definition) is 2. The Morgan fingerprint density at radius 1 is 1.22 bits per heavy atom. The minimum Gasteiger partial charge on any atom is -0.380 e. The molecule has 0 aliphatic carbocycles. The molecule has 1 unspecified atom stereocenters. The molecule has 1 atom stereocenters. The second-order valence-electron chi connectivity index (χ2n) is 4.53. The van der Waals surface area contributed by atoms with Crippen molar-refractivity contribution in [1.29, 1.82) is 0 Å². The molecule has 18 heavy (non-hydrogen) atoms. The van der Waals surface area contributed by atoms with Crippen molar-refractivity contribution in [3.63, 3.8) is 0 Å². The van der Waals surface area contributed by atoms with Gasteiger partial charge in [0.25, 0.3) is 0 Å². The van der Waals surface area contributed by atoms with Gasteiger partial charge in [-0.15, -0.1) is 11.0 Å². The lowest BCUT2D eigenvalue weighted by Crippen LogP contribution is -2.01. The molecule has 0 amide bonds. The summed E-state index contributed by atoms with van der Waals surface area (Å²) >= 11 is 0. The maximum atomic E-state index is 9.41. The maximum Gasteiger partial charge on any atom is 0.114 e. The SMILES string of the molecule is CC#CC(O)CCCCCCCCc1c[nH]nn1. The second kappa shape index (κ2) is 9.67.